The van der Waals surface area contributed by atoms with Gasteiger partial charge in [0.2, 0.25) is 5.95 Å². The summed E-state index contributed by atoms with van der Waals surface area (Å²) in [6.45, 7) is 0.454. The molecule has 0 atom stereocenters. The summed E-state index contributed by atoms with van der Waals surface area (Å²) in [6.07, 6.45) is -4.39. The quantitative estimate of drug-likeness (QED) is 0.805. The first kappa shape index (κ1) is 12.0. The molecule has 0 aliphatic heterocycles. The third-order valence-electron chi connectivity index (χ3n) is 2.22. The van der Waals surface area contributed by atoms with E-state index in [1.54, 1.807) is 13.0 Å². The summed E-state index contributed by atoms with van der Waals surface area (Å²) in [7, 11) is 0. The van der Waals surface area contributed by atoms with E-state index in [1.165, 1.54) is 0 Å². The lowest BCUT2D eigenvalue weighted by atomic mass is 10.3. The van der Waals surface area contributed by atoms with Gasteiger partial charge in [-0.05, 0) is 18.6 Å². The zero-order chi connectivity index (χ0) is 12.8. The minimum Gasteiger partial charge on any atom is -0.369 e. The van der Waals surface area contributed by atoms with E-state index in [0.717, 1.165) is 4.57 Å². The molecule has 17 heavy (non-hydrogen) atoms. The molecule has 0 bridgehead atoms. The Balaban J connectivity index is 2.63. The fourth-order valence-corrected chi connectivity index (χ4v) is 1.61. The van der Waals surface area contributed by atoms with E-state index in [4.69, 9.17) is 17.3 Å². The third kappa shape index (κ3) is 2.28. The van der Waals surface area contributed by atoms with Gasteiger partial charge >= 0.3 is 6.18 Å². The highest BCUT2D eigenvalue weighted by Crippen LogP contribution is 2.25. The number of aryl methyl sites for hydroxylation is 1. The van der Waals surface area contributed by atoms with Gasteiger partial charge in [0.1, 0.15) is 17.2 Å². The average molecular weight is 265 g/mol. The summed E-state index contributed by atoms with van der Waals surface area (Å²) in [5.41, 5.74) is 6.40. The monoisotopic (exact) mass is 264 g/mol. The van der Waals surface area contributed by atoms with Crippen LogP contribution in [-0.2, 0) is 6.54 Å². The molecule has 8 heteroatoms. The number of nitrogen functional groups attached to an aromatic ring is 1. The predicted octanol–water partition coefficient (Wildman–Crippen LogP) is 2.54. The molecule has 0 amide bonds. The van der Waals surface area contributed by atoms with Crippen LogP contribution in [-0.4, -0.2) is 20.7 Å². The normalized spacial score (nSPS) is 12.3. The summed E-state index contributed by atoms with van der Waals surface area (Å²) in [4.78, 5) is 7.68. The number of aromatic nitrogens is 3. The maximum Gasteiger partial charge on any atom is 0.406 e. The molecule has 2 N–H and O–H groups in total. The van der Waals surface area contributed by atoms with Crippen LogP contribution in [0.25, 0.3) is 11.2 Å². The van der Waals surface area contributed by atoms with Gasteiger partial charge in [-0.15, -0.1) is 0 Å². The molecule has 4 nitrogen and oxygen atoms in total. The van der Waals surface area contributed by atoms with Crippen molar-refractivity contribution in [2.24, 2.45) is 0 Å². The molecule has 92 valence electrons. The number of anilines is 1. The lowest BCUT2D eigenvalue weighted by Crippen LogP contribution is -2.19. The van der Waals surface area contributed by atoms with Gasteiger partial charge < -0.3 is 5.73 Å². The first-order chi connectivity index (χ1) is 7.78. The lowest BCUT2D eigenvalue weighted by molar-refractivity contribution is -0.139. The molecule has 0 spiro atoms. The second kappa shape index (κ2) is 3.76. The van der Waals surface area contributed by atoms with Crippen molar-refractivity contribution in [2.75, 3.05) is 5.73 Å². The van der Waals surface area contributed by atoms with Crippen molar-refractivity contribution < 1.29 is 13.2 Å². The maximum atomic E-state index is 12.3. The van der Waals surface area contributed by atoms with Crippen LogP contribution in [0.4, 0.5) is 19.1 Å². The van der Waals surface area contributed by atoms with Crippen LogP contribution in [0.2, 0.25) is 5.15 Å². The molecule has 0 aromatic carbocycles. The first-order valence-corrected chi connectivity index (χ1v) is 5.01. The van der Waals surface area contributed by atoms with Crippen LogP contribution in [0.5, 0.6) is 0 Å². The molecule has 2 aromatic rings. The van der Waals surface area contributed by atoms with Gasteiger partial charge in [-0.1, -0.05) is 11.6 Å². The fraction of sp³-hybridized carbons (Fsp3) is 0.333. The second-order valence-corrected chi connectivity index (χ2v) is 3.97. The second-order valence-electron chi connectivity index (χ2n) is 3.61. The molecule has 0 unspecified atom stereocenters. The standard InChI is InChI=1S/C9H8ClF3N4/c1-4-2-5-7(16-6(4)10)17(8(14)15-5)3-9(11,12)13/h2H,3H2,1H3,(H2,14,15). The third-order valence-corrected chi connectivity index (χ3v) is 2.60. The van der Waals surface area contributed by atoms with Crippen LogP contribution in [0.15, 0.2) is 6.07 Å². The number of halogens is 4. The number of hydrogen-bond acceptors (Lipinski definition) is 3. The number of hydrogen-bond donors (Lipinski definition) is 1. The van der Waals surface area contributed by atoms with E-state index >= 15 is 0 Å². The minimum atomic E-state index is -4.39. The minimum absolute atomic E-state index is 0.0374. The highest BCUT2D eigenvalue weighted by molar-refractivity contribution is 6.30. The summed E-state index contributed by atoms with van der Waals surface area (Å²) < 4.78 is 37.8. The van der Waals surface area contributed by atoms with E-state index in [-0.39, 0.29) is 16.7 Å². The van der Waals surface area contributed by atoms with Crippen molar-refractivity contribution in [2.45, 2.75) is 19.6 Å². The van der Waals surface area contributed by atoms with E-state index in [1.807, 2.05) is 0 Å². The molecule has 2 heterocycles. The van der Waals surface area contributed by atoms with Crippen LogP contribution in [0, 0.1) is 6.92 Å². The van der Waals surface area contributed by atoms with Crippen molar-refractivity contribution in [1.29, 1.82) is 0 Å². The molecule has 0 aliphatic carbocycles. The summed E-state index contributed by atoms with van der Waals surface area (Å²) in [6, 6.07) is 1.55. The predicted molar refractivity (Wildman–Crippen MR) is 57.7 cm³/mol. The Morgan fingerprint density at radius 1 is 1.41 bits per heavy atom. The van der Waals surface area contributed by atoms with Gasteiger partial charge in [-0.3, -0.25) is 4.57 Å². The topological polar surface area (TPSA) is 56.7 Å². The molecule has 0 saturated carbocycles. The van der Waals surface area contributed by atoms with Crippen molar-refractivity contribution in [3.8, 4) is 0 Å². The average Bonchev–Trinajstić information content (AvgIpc) is 2.43. The number of rotatable bonds is 1. The highest BCUT2D eigenvalue weighted by Gasteiger charge is 2.30. The van der Waals surface area contributed by atoms with Gasteiger partial charge in [0.25, 0.3) is 0 Å². The van der Waals surface area contributed by atoms with Crippen molar-refractivity contribution in [1.82, 2.24) is 14.5 Å². The largest absolute Gasteiger partial charge is 0.406 e. The Kier molecular flexibility index (Phi) is 2.65. The maximum absolute atomic E-state index is 12.3. The Morgan fingerprint density at radius 3 is 2.65 bits per heavy atom. The van der Waals surface area contributed by atoms with Crippen LogP contribution < -0.4 is 5.73 Å². The summed E-state index contributed by atoms with van der Waals surface area (Å²) in [5.74, 6) is -0.230. The number of nitrogens with zero attached hydrogens (tertiary/aromatic N) is 3. The van der Waals surface area contributed by atoms with Crippen molar-refractivity contribution >= 4 is 28.7 Å². The van der Waals surface area contributed by atoms with Crippen LogP contribution >= 0.6 is 11.6 Å². The number of alkyl halides is 3. The van der Waals surface area contributed by atoms with Gasteiger partial charge in [-0.2, -0.15) is 13.2 Å². The first-order valence-electron chi connectivity index (χ1n) is 4.63. The Bertz CT molecular complexity index is 576. The van der Waals surface area contributed by atoms with Gasteiger partial charge in [0, 0.05) is 0 Å². The zero-order valence-corrected chi connectivity index (χ0v) is 9.47. The van der Waals surface area contributed by atoms with Crippen molar-refractivity contribution in [3.63, 3.8) is 0 Å². The molecule has 0 aliphatic rings. The van der Waals surface area contributed by atoms with Gasteiger partial charge in [0.15, 0.2) is 5.65 Å². The fourth-order valence-electron chi connectivity index (χ4n) is 1.48. The Morgan fingerprint density at radius 2 is 2.06 bits per heavy atom. The number of imidazole rings is 1. The summed E-state index contributed by atoms with van der Waals surface area (Å²) >= 11 is 5.77. The SMILES string of the molecule is Cc1cc2nc(N)n(CC(F)(F)F)c2nc1Cl. The van der Waals surface area contributed by atoms with E-state index in [2.05, 4.69) is 9.97 Å². The smallest absolute Gasteiger partial charge is 0.369 e. The van der Waals surface area contributed by atoms with Gasteiger partial charge in [-0.25, -0.2) is 9.97 Å². The molecule has 0 saturated heterocycles. The number of nitrogens with two attached hydrogens (primary N) is 1. The van der Waals surface area contributed by atoms with Crippen LogP contribution in [0.1, 0.15) is 5.56 Å². The molecular weight excluding hydrogens is 257 g/mol. The molecule has 0 radical (unpaired) electrons. The molecule has 2 aromatic heterocycles. The summed E-state index contributed by atoms with van der Waals surface area (Å²) in [5, 5.41) is 0.140. The van der Waals surface area contributed by atoms with E-state index in [0.29, 0.717) is 11.1 Å². The van der Waals surface area contributed by atoms with Crippen molar-refractivity contribution in [3.05, 3.63) is 16.8 Å². The van der Waals surface area contributed by atoms with E-state index < -0.39 is 12.7 Å². The lowest BCUT2D eigenvalue weighted by Gasteiger charge is -2.09. The molecular formula is C9H8ClF3N4. The number of pyridine rings is 1. The highest BCUT2D eigenvalue weighted by atomic mass is 35.5. The Hall–Kier alpha value is -1.50. The van der Waals surface area contributed by atoms with E-state index in [9.17, 15) is 13.2 Å². The zero-order valence-electron chi connectivity index (χ0n) is 8.72. The van der Waals surface area contributed by atoms with Crippen LogP contribution in [0.3, 0.4) is 0 Å². The van der Waals surface area contributed by atoms with Gasteiger partial charge in [0.05, 0.1) is 0 Å². The Labute approximate surface area is 99.2 Å². The molecule has 2 rings (SSSR count). The number of fused-ring (bicyclic) bond motifs is 1. The molecule has 0 fully saturated rings.